The summed E-state index contributed by atoms with van der Waals surface area (Å²) in [5.41, 5.74) is 8.99. The van der Waals surface area contributed by atoms with Crippen LogP contribution in [0.4, 0.5) is 11.4 Å². The van der Waals surface area contributed by atoms with Crippen LogP contribution in [-0.4, -0.2) is 25.9 Å². The maximum atomic E-state index is 12.1. The maximum absolute atomic E-state index is 12.1. The summed E-state index contributed by atoms with van der Waals surface area (Å²) in [4.78, 5) is 12.1. The number of H-pyrrole nitrogens is 1. The van der Waals surface area contributed by atoms with Crippen molar-refractivity contribution in [1.29, 1.82) is 0 Å². The highest BCUT2D eigenvalue weighted by Crippen LogP contribution is 2.42. The van der Waals surface area contributed by atoms with Gasteiger partial charge in [-0.1, -0.05) is 0 Å². The highest BCUT2D eigenvalue weighted by atomic mass is 16.2. The fourth-order valence-electron chi connectivity index (χ4n) is 2.12. The third kappa shape index (κ3) is 2.07. The Morgan fingerprint density at radius 1 is 1.58 bits per heavy atom. The Labute approximate surface area is 110 Å². The number of rotatable bonds is 3. The molecule has 1 aliphatic rings. The normalized spacial score (nSPS) is 14.6. The molecule has 4 N–H and O–H groups in total. The van der Waals surface area contributed by atoms with Crippen LogP contribution in [0.15, 0.2) is 6.20 Å². The summed E-state index contributed by atoms with van der Waals surface area (Å²) in [6.07, 6.45) is 3.96. The van der Waals surface area contributed by atoms with E-state index in [1.165, 1.54) is 0 Å². The van der Waals surface area contributed by atoms with Gasteiger partial charge >= 0.3 is 0 Å². The number of aromatic amines is 1. The molecular weight excluding hydrogens is 244 g/mol. The van der Waals surface area contributed by atoms with Gasteiger partial charge in [-0.25, -0.2) is 0 Å². The van der Waals surface area contributed by atoms with Gasteiger partial charge in [0.2, 0.25) is 0 Å². The Morgan fingerprint density at radius 3 is 2.89 bits per heavy atom. The van der Waals surface area contributed by atoms with Gasteiger partial charge < -0.3 is 11.1 Å². The molecule has 3 rings (SSSR count). The van der Waals surface area contributed by atoms with Crippen molar-refractivity contribution in [2.24, 2.45) is 7.05 Å². The number of amides is 1. The van der Waals surface area contributed by atoms with Crippen molar-refractivity contribution in [3.05, 3.63) is 23.3 Å². The van der Waals surface area contributed by atoms with E-state index < -0.39 is 0 Å². The smallest absolute Gasteiger partial charge is 0.278 e. The van der Waals surface area contributed by atoms with E-state index in [0.717, 1.165) is 24.2 Å². The first-order valence-electron chi connectivity index (χ1n) is 6.21. The van der Waals surface area contributed by atoms with Crippen LogP contribution >= 0.6 is 0 Å². The molecule has 0 spiro atoms. The van der Waals surface area contributed by atoms with Crippen LogP contribution in [0.5, 0.6) is 0 Å². The van der Waals surface area contributed by atoms with E-state index in [0.29, 0.717) is 17.3 Å². The number of hydrogen-bond donors (Lipinski definition) is 3. The SMILES string of the molecule is Cc1nn(C)cc1NC(=O)c1n[nH]c(C2CC2)c1N. The van der Waals surface area contributed by atoms with Crippen molar-refractivity contribution < 1.29 is 4.79 Å². The molecule has 0 aromatic carbocycles. The largest absolute Gasteiger partial charge is 0.395 e. The second-order valence-electron chi connectivity index (χ2n) is 4.93. The molecule has 2 heterocycles. The molecule has 1 saturated carbocycles. The minimum atomic E-state index is -0.309. The molecule has 0 atom stereocenters. The topological polar surface area (TPSA) is 102 Å². The number of nitrogens with zero attached hydrogens (tertiary/aromatic N) is 3. The van der Waals surface area contributed by atoms with Gasteiger partial charge in [-0.05, 0) is 19.8 Å². The van der Waals surface area contributed by atoms with Crippen molar-refractivity contribution >= 4 is 17.3 Å². The number of carbonyl (C=O) groups excluding carboxylic acids is 1. The third-order valence-corrected chi connectivity index (χ3v) is 3.30. The molecule has 1 fully saturated rings. The van der Waals surface area contributed by atoms with Crippen molar-refractivity contribution in [2.75, 3.05) is 11.1 Å². The number of hydrogen-bond acceptors (Lipinski definition) is 4. The first-order valence-corrected chi connectivity index (χ1v) is 6.21. The van der Waals surface area contributed by atoms with E-state index in [1.807, 2.05) is 6.92 Å². The predicted octanol–water partition coefficient (Wildman–Crippen LogP) is 1.16. The zero-order valence-electron chi connectivity index (χ0n) is 10.9. The van der Waals surface area contributed by atoms with Crippen LogP contribution < -0.4 is 11.1 Å². The van der Waals surface area contributed by atoms with Crippen molar-refractivity contribution in [1.82, 2.24) is 20.0 Å². The van der Waals surface area contributed by atoms with Gasteiger partial charge in [0, 0.05) is 19.2 Å². The van der Waals surface area contributed by atoms with Crippen LogP contribution in [0.1, 0.15) is 40.6 Å². The molecule has 7 heteroatoms. The molecule has 2 aromatic heterocycles. The summed E-state index contributed by atoms with van der Waals surface area (Å²) in [5.74, 6) is 0.130. The lowest BCUT2D eigenvalue weighted by Crippen LogP contribution is -2.14. The van der Waals surface area contributed by atoms with Gasteiger partial charge in [-0.15, -0.1) is 0 Å². The number of nitrogens with two attached hydrogens (primary N) is 1. The van der Waals surface area contributed by atoms with Gasteiger partial charge in [-0.2, -0.15) is 10.2 Å². The van der Waals surface area contributed by atoms with Crippen molar-refractivity contribution in [2.45, 2.75) is 25.7 Å². The van der Waals surface area contributed by atoms with Gasteiger partial charge in [-0.3, -0.25) is 14.6 Å². The Morgan fingerprint density at radius 2 is 2.32 bits per heavy atom. The molecule has 1 aliphatic carbocycles. The van der Waals surface area contributed by atoms with Gasteiger partial charge in [0.05, 0.1) is 22.8 Å². The number of aryl methyl sites for hydroxylation is 2. The molecule has 0 saturated heterocycles. The summed E-state index contributed by atoms with van der Waals surface area (Å²) in [6, 6.07) is 0. The Balaban J connectivity index is 1.82. The minimum absolute atomic E-state index is 0.255. The summed E-state index contributed by atoms with van der Waals surface area (Å²) in [6.45, 7) is 1.83. The van der Waals surface area contributed by atoms with E-state index in [9.17, 15) is 4.79 Å². The van der Waals surface area contributed by atoms with Gasteiger partial charge in [0.15, 0.2) is 5.69 Å². The second kappa shape index (κ2) is 4.11. The van der Waals surface area contributed by atoms with Crippen LogP contribution in [-0.2, 0) is 7.05 Å². The lowest BCUT2D eigenvalue weighted by molar-refractivity contribution is 0.102. The lowest BCUT2D eigenvalue weighted by Gasteiger charge is -2.01. The molecule has 2 aromatic rings. The third-order valence-electron chi connectivity index (χ3n) is 3.30. The number of aromatic nitrogens is 4. The van der Waals surface area contributed by atoms with Crippen LogP contribution in [0.2, 0.25) is 0 Å². The number of nitrogens with one attached hydrogen (secondary N) is 2. The maximum Gasteiger partial charge on any atom is 0.278 e. The Kier molecular flexibility index (Phi) is 2.55. The lowest BCUT2D eigenvalue weighted by atomic mass is 10.2. The molecule has 0 bridgehead atoms. The first kappa shape index (κ1) is 11.8. The summed E-state index contributed by atoms with van der Waals surface area (Å²) < 4.78 is 1.65. The fraction of sp³-hybridized carbons (Fsp3) is 0.417. The summed E-state index contributed by atoms with van der Waals surface area (Å²) in [5, 5.41) is 13.8. The van der Waals surface area contributed by atoms with Crippen molar-refractivity contribution in [3.63, 3.8) is 0 Å². The van der Waals surface area contributed by atoms with Crippen molar-refractivity contribution in [3.8, 4) is 0 Å². The summed E-state index contributed by atoms with van der Waals surface area (Å²) >= 11 is 0. The molecule has 19 heavy (non-hydrogen) atoms. The quantitative estimate of drug-likeness (QED) is 0.770. The van der Waals surface area contributed by atoms with E-state index in [2.05, 4.69) is 20.6 Å². The highest BCUT2D eigenvalue weighted by molar-refractivity contribution is 6.06. The monoisotopic (exact) mass is 260 g/mol. The van der Waals surface area contributed by atoms with E-state index in [1.54, 1.807) is 17.9 Å². The fourth-order valence-corrected chi connectivity index (χ4v) is 2.12. The zero-order chi connectivity index (χ0) is 13.6. The molecule has 100 valence electrons. The molecule has 7 nitrogen and oxygen atoms in total. The number of nitrogen functional groups attached to an aromatic ring is 1. The Bertz CT molecular complexity index is 637. The van der Waals surface area contributed by atoms with Gasteiger partial charge in [0.25, 0.3) is 5.91 Å². The predicted molar refractivity (Wildman–Crippen MR) is 70.9 cm³/mol. The van der Waals surface area contributed by atoms with Crippen LogP contribution in [0.25, 0.3) is 0 Å². The standard InChI is InChI=1S/C12H16N6O/c1-6-8(5-18(2)17-6)14-12(19)11-9(13)10(15-16-11)7-3-4-7/h5,7H,3-4,13H2,1-2H3,(H,14,19)(H,15,16). The van der Waals surface area contributed by atoms with Crippen LogP contribution in [0, 0.1) is 6.92 Å². The molecular formula is C12H16N6O. The van der Waals surface area contributed by atoms with E-state index in [-0.39, 0.29) is 11.6 Å². The zero-order valence-corrected chi connectivity index (χ0v) is 10.9. The number of anilines is 2. The van der Waals surface area contributed by atoms with Crippen LogP contribution in [0.3, 0.4) is 0 Å². The molecule has 0 radical (unpaired) electrons. The van der Waals surface area contributed by atoms with E-state index >= 15 is 0 Å². The van der Waals surface area contributed by atoms with E-state index in [4.69, 9.17) is 5.73 Å². The average Bonchev–Trinajstić information content (AvgIpc) is 3.04. The molecule has 0 aliphatic heterocycles. The Hall–Kier alpha value is -2.31. The highest BCUT2D eigenvalue weighted by Gasteiger charge is 2.30. The van der Waals surface area contributed by atoms with Gasteiger partial charge in [0.1, 0.15) is 0 Å². The summed E-state index contributed by atoms with van der Waals surface area (Å²) in [7, 11) is 1.80. The molecule has 1 amide bonds. The number of carbonyl (C=O) groups is 1. The average molecular weight is 260 g/mol. The molecule has 0 unspecified atom stereocenters. The first-order chi connectivity index (χ1) is 9.06. The minimum Gasteiger partial charge on any atom is -0.395 e. The second-order valence-corrected chi connectivity index (χ2v) is 4.93.